The van der Waals surface area contributed by atoms with E-state index in [-0.39, 0.29) is 17.6 Å². The van der Waals surface area contributed by atoms with Crippen molar-refractivity contribution >= 4 is 11.9 Å². The van der Waals surface area contributed by atoms with Gasteiger partial charge in [-0.05, 0) is 12.1 Å². The molecular weight excluding hydrogens is 312 g/mol. The maximum atomic E-state index is 12.2. The maximum Gasteiger partial charge on any atom is 0.322 e. The number of nitrogens with one attached hydrogen (secondary N) is 1. The molecule has 8 heteroatoms. The fourth-order valence-electron chi connectivity index (χ4n) is 2.06. The van der Waals surface area contributed by atoms with Crippen LogP contribution in [0.5, 0.6) is 0 Å². The molecule has 118 valence electrons. The molecule has 3 aromatic heterocycles. The van der Waals surface area contributed by atoms with Gasteiger partial charge in [0.1, 0.15) is 0 Å². The standard InChI is InChI=1S/C16H10N4O4/c21-14(11-9-13(24-20-11)10-5-2-1-3-6-10)17-16-19-18-15(23-16)12-7-4-8-22-12/h1-9H,(H,17,19,21). The zero-order valence-electron chi connectivity index (χ0n) is 12.2. The molecule has 0 atom stereocenters. The second kappa shape index (κ2) is 5.84. The first-order valence-corrected chi connectivity index (χ1v) is 7.00. The second-order valence-electron chi connectivity index (χ2n) is 4.79. The summed E-state index contributed by atoms with van der Waals surface area (Å²) < 4.78 is 15.6. The number of nitrogens with zero attached hydrogens (tertiary/aromatic N) is 3. The molecule has 0 fully saturated rings. The van der Waals surface area contributed by atoms with E-state index in [1.54, 1.807) is 12.1 Å². The fraction of sp³-hybridized carbons (Fsp3) is 0. The molecular formula is C16H10N4O4. The van der Waals surface area contributed by atoms with Gasteiger partial charge in [0.15, 0.2) is 17.2 Å². The first-order chi connectivity index (χ1) is 11.8. The Labute approximate surface area is 135 Å². The van der Waals surface area contributed by atoms with E-state index in [2.05, 4.69) is 20.7 Å². The molecule has 0 saturated heterocycles. The molecule has 0 spiro atoms. The molecule has 0 aliphatic heterocycles. The number of furan rings is 1. The number of hydrogen-bond acceptors (Lipinski definition) is 7. The molecule has 0 bridgehead atoms. The van der Waals surface area contributed by atoms with Gasteiger partial charge in [-0.25, -0.2) is 0 Å². The monoisotopic (exact) mass is 322 g/mol. The van der Waals surface area contributed by atoms with Crippen LogP contribution in [0.3, 0.4) is 0 Å². The Kier molecular flexibility index (Phi) is 3.39. The van der Waals surface area contributed by atoms with Crippen molar-refractivity contribution in [3.05, 3.63) is 60.5 Å². The van der Waals surface area contributed by atoms with Crippen molar-refractivity contribution < 1.29 is 18.2 Å². The number of amides is 1. The van der Waals surface area contributed by atoms with Gasteiger partial charge in [-0.1, -0.05) is 40.6 Å². The molecule has 1 N–H and O–H groups in total. The summed E-state index contributed by atoms with van der Waals surface area (Å²) in [5.74, 6) is 0.550. The average molecular weight is 322 g/mol. The molecule has 0 unspecified atom stereocenters. The largest absolute Gasteiger partial charge is 0.459 e. The quantitative estimate of drug-likeness (QED) is 0.614. The van der Waals surface area contributed by atoms with E-state index >= 15 is 0 Å². The van der Waals surface area contributed by atoms with Crippen LogP contribution in [-0.2, 0) is 0 Å². The van der Waals surface area contributed by atoms with E-state index in [1.165, 1.54) is 12.3 Å². The molecule has 4 aromatic rings. The van der Waals surface area contributed by atoms with Crippen LogP contribution >= 0.6 is 0 Å². The molecule has 0 aliphatic rings. The molecule has 0 aliphatic carbocycles. The summed E-state index contributed by atoms with van der Waals surface area (Å²) in [6, 6.07) is 14.2. The Morgan fingerprint density at radius 1 is 1.00 bits per heavy atom. The Morgan fingerprint density at radius 2 is 1.88 bits per heavy atom. The minimum absolute atomic E-state index is 0.0596. The van der Waals surface area contributed by atoms with Gasteiger partial charge in [-0.2, -0.15) is 0 Å². The molecule has 3 heterocycles. The lowest BCUT2D eigenvalue weighted by Crippen LogP contribution is -2.12. The van der Waals surface area contributed by atoms with Crippen LogP contribution in [0.1, 0.15) is 10.5 Å². The summed E-state index contributed by atoms with van der Waals surface area (Å²) in [7, 11) is 0. The minimum Gasteiger partial charge on any atom is -0.459 e. The molecule has 1 amide bonds. The predicted molar refractivity (Wildman–Crippen MR) is 81.9 cm³/mol. The van der Waals surface area contributed by atoms with Crippen molar-refractivity contribution in [1.29, 1.82) is 0 Å². The number of carbonyl (C=O) groups excluding carboxylic acids is 1. The smallest absolute Gasteiger partial charge is 0.322 e. The zero-order valence-corrected chi connectivity index (χ0v) is 12.2. The van der Waals surface area contributed by atoms with E-state index in [1.807, 2.05) is 30.3 Å². The highest BCUT2D eigenvalue weighted by atomic mass is 16.5. The number of rotatable bonds is 4. The average Bonchev–Trinajstić information content (AvgIpc) is 3.36. The van der Waals surface area contributed by atoms with Crippen LogP contribution < -0.4 is 5.32 Å². The Bertz CT molecular complexity index is 957. The van der Waals surface area contributed by atoms with Crippen LogP contribution in [-0.4, -0.2) is 21.3 Å². The second-order valence-corrected chi connectivity index (χ2v) is 4.79. The number of carbonyl (C=O) groups is 1. The molecule has 4 rings (SSSR count). The van der Waals surface area contributed by atoms with Gasteiger partial charge in [-0.3, -0.25) is 10.1 Å². The molecule has 24 heavy (non-hydrogen) atoms. The Hall–Kier alpha value is -3.68. The highest BCUT2D eigenvalue weighted by Gasteiger charge is 2.17. The Morgan fingerprint density at radius 3 is 2.67 bits per heavy atom. The van der Waals surface area contributed by atoms with E-state index in [9.17, 15) is 4.79 Å². The predicted octanol–water partition coefficient (Wildman–Crippen LogP) is 3.24. The number of aromatic nitrogens is 3. The summed E-state index contributed by atoms with van der Waals surface area (Å²) in [5, 5.41) is 13.7. The summed E-state index contributed by atoms with van der Waals surface area (Å²) in [6.07, 6.45) is 1.48. The first kappa shape index (κ1) is 13.9. The van der Waals surface area contributed by atoms with Crippen molar-refractivity contribution in [3.8, 4) is 23.0 Å². The number of hydrogen-bond donors (Lipinski definition) is 1. The van der Waals surface area contributed by atoms with Gasteiger partial charge in [0.2, 0.25) is 0 Å². The highest BCUT2D eigenvalue weighted by molar-refractivity contribution is 6.02. The topological polar surface area (TPSA) is 107 Å². The summed E-state index contributed by atoms with van der Waals surface area (Å²) >= 11 is 0. The number of benzene rings is 1. The van der Waals surface area contributed by atoms with E-state index in [0.717, 1.165) is 5.56 Å². The minimum atomic E-state index is -0.518. The lowest BCUT2D eigenvalue weighted by Gasteiger charge is -1.94. The van der Waals surface area contributed by atoms with Crippen LogP contribution in [0.15, 0.2) is 68.2 Å². The zero-order chi connectivity index (χ0) is 16.4. The van der Waals surface area contributed by atoms with Crippen molar-refractivity contribution in [1.82, 2.24) is 15.4 Å². The number of anilines is 1. The van der Waals surface area contributed by atoms with Crippen molar-refractivity contribution in [2.45, 2.75) is 0 Å². The summed E-state index contributed by atoms with van der Waals surface area (Å²) in [4.78, 5) is 12.2. The molecule has 0 saturated carbocycles. The van der Waals surface area contributed by atoms with E-state index in [4.69, 9.17) is 13.4 Å². The van der Waals surface area contributed by atoms with Gasteiger partial charge >= 0.3 is 6.01 Å². The summed E-state index contributed by atoms with van der Waals surface area (Å²) in [5.41, 5.74) is 0.925. The first-order valence-electron chi connectivity index (χ1n) is 7.00. The van der Waals surface area contributed by atoms with Crippen molar-refractivity contribution in [2.75, 3.05) is 5.32 Å². The van der Waals surface area contributed by atoms with Gasteiger partial charge in [0.05, 0.1) is 6.26 Å². The van der Waals surface area contributed by atoms with Gasteiger partial charge in [-0.15, -0.1) is 5.10 Å². The van der Waals surface area contributed by atoms with E-state index in [0.29, 0.717) is 11.5 Å². The van der Waals surface area contributed by atoms with Crippen LogP contribution in [0.2, 0.25) is 0 Å². The van der Waals surface area contributed by atoms with Gasteiger partial charge < -0.3 is 13.4 Å². The maximum absolute atomic E-state index is 12.2. The molecule has 1 aromatic carbocycles. The third-order valence-corrected chi connectivity index (χ3v) is 3.18. The van der Waals surface area contributed by atoms with Crippen LogP contribution in [0.4, 0.5) is 6.01 Å². The molecule has 8 nitrogen and oxygen atoms in total. The third kappa shape index (κ3) is 2.68. The third-order valence-electron chi connectivity index (χ3n) is 3.18. The lowest BCUT2D eigenvalue weighted by molar-refractivity contribution is 0.101. The van der Waals surface area contributed by atoms with E-state index < -0.39 is 5.91 Å². The normalized spacial score (nSPS) is 10.7. The fourth-order valence-corrected chi connectivity index (χ4v) is 2.06. The van der Waals surface area contributed by atoms with Crippen molar-refractivity contribution in [3.63, 3.8) is 0 Å². The van der Waals surface area contributed by atoms with Crippen LogP contribution in [0, 0.1) is 0 Å². The lowest BCUT2D eigenvalue weighted by atomic mass is 10.1. The van der Waals surface area contributed by atoms with Crippen LogP contribution in [0.25, 0.3) is 23.0 Å². The summed E-state index contributed by atoms with van der Waals surface area (Å²) in [6.45, 7) is 0. The van der Waals surface area contributed by atoms with Crippen molar-refractivity contribution in [2.24, 2.45) is 0 Å². The SMILES string of the molecule is O=C(Nc1nnc(-c2ccco2)o1)c1cc(-c2ccccc2)on1. The molecule has 0 radical (unpaired) electrons. The Balaban J connectivity index is 1.50. The van der Waals surface area contributed by atoms with Gasteiger partial charge in [0.25, 0.3) is 11.8 Å². The highest BCUT2D eigenvalue weighted by Crippen LogP contribution is 2.22. The van der Waals surface area contributed by atoms with Gasteiger partial charge in [0, 0.05) is 11.6 Å².